The van der Waals surface area contributed by atoms with Crippen LogP contribution in [0.25, 0.3) is 0 Å². The Morgan fingerprint density at radius 1 is 0.769 bits per heavy atom. The van der Waals surface area contributed by atoms with E-state index >= 15 is 0 Å². The SMILES string of the molecule is S[C@@H]1CCCC1CC1CCC[C@@H]1S. The summed E-state index contributed by atoms with van der Waals surface area (Å²) in [5.41, 5.74) is 0. The highest BCUT2D eigenvalue weighted by Gasteiger charge is 2.31. The van der Waals surface area contributed by atoms with Gasteiger partial charge in [0.1, 0.15) is 0 Å². The zero-order valence-corrected chi connectivity index (χ0v) is 9.94. The molecule has 76 valence electrons. The predicted octanol–water partition coefficient (Wildman–Crippen LogP) is 3.57. The maximum Gasteiger partial charge on any atom is 0.00451 e. The normalized spacial score (nSPS) is 45.7. The van der Waals surface area contributed by atoms with Gasteiger partial charge in [0.25, 0.3) is 0 Å². The van der Waals surface area contributed by atoms with Crippen molar-refractivity contribution in [3.8, 4) is 0 Å². The molecule has 0 radical (unpaired) electrons. The van der Waals surface area contributed by atoms with Crippen molar-refractivity contribution in [2.75, 3.05) is 0 Å². The molecule has 2 aliphatic rings. The van der Waals surface area contributed by atoms with Gasteiger partial charge in [-0.15, -0.1) is 0 Å². The molecule has 2 saturated carbocycles. The summed E-state index contributed by atoms with van der Waals surface area (Å²) < 4.78 is 0. The van der Waals surface area contributed by atoms with E-state index in [0.717, 1.165) is 11.8 Å². The van der Waals surface area contributed by atoms with E-state index in [1.165, 1.54) is 44.9 Å². The van der Waals surface area contributed by atoms with Crippen LogP contribution in [-0.4, -0.2) is 10.5 Å². The third-order valence-electron chi connectivity index (χ3n) is 3.84. The van der Waals surface area contributed by atoms with Gasteiger partial charge in [0.05, 0.1) is 0 Å². The molecule has 0 nitrogen and oxygen atoms in total. The maximum absolute atomic E-state index is 4.66. The second-order valence-electron chi connectivity index (χ2n) is 4.75. The van der Waals surface area contributed by atoms with Gasteiger partial charge >= 0.3 is 0 Å². The van der Waals surface area contributed by atoms with Crippen molar-refractivity contribution in [2.24, 2.45) is 11.8 Å². The van der Waals surface area contributed by atoms with Crippen molar-refractivity contribution in [1.82, 2.24) is 0 Å². The van der Waals surface area contributed by atoms with Gasteiger partial charge in [0, 0.05) is 10.5 Å². The Hall–Kier alpha value is 0.700. The molecule has 0 bridgehead atoms. The Bertz CT molecular complexity index is 151. The molecule has 0 spiro atoms. The number of rotatable bonds is 2. The van der Waals surface area contributed by atoms with Crippen LogP contribution in [-0.2, 0) is 0 Å². The second-order valence-corrected chi connectivity index (χ2v) is 6.08. The van der Waals surface area contributed by atoms with Gasteiger partial charge in [0.15, 0.2) is 0 Å². The van der Waals surface area contributed by atoms with Crippen LogP contribution in [0.3, 0.4) is 0 Å². The zero-order chi connectivity index (χ0) is 9.26. The average Bonchev–Trinajstić information content (AvgIpc) is 2.65. The molecular formula is C11H20S2. The number of hydrogen-bond acceptors (Lipinski definition) is 2. The minimum absolute atomic E-state index is 0.695. The van der Waals surface area contributed by atoms with Gasteiger partial charge in [-0.1, -0.05) is 12.8 Å². The molecule has 2 unspecified atom stereocenters. The number of thiol groups is 2. The fourth-order valence-electron chi connectivity index (χ4n) is 2.97. The van der Waals surface area contributed by atoms with Crippen molar-refractivity contribution < 1.29 is 0 Å². The summed E-state index contributed by atoms with van der Waals surface area (Å²) in [6, 6.07) is 0. The van der Waals surface area contributed by atoms with Crippen molar-refractivity contribution >= 4 is 25.3 Å². The Morgan fingerprint density at radius 2 is 1.23 bits per heavy atom. The van der Waals surface area contributed by atoms with Crippen LogP contribution in [0.1, 0.15) is 44.9 Å². The molecule has 2 heteroatoms. The Balaban J connectivity index is 1.82. The van der Waals surface area contributed by atoms with Crippen LogP contribution in [0.4, 0.5) is 0 Å². The molecule has 13 heavy (non-hydrogen) atoms. The van der Waals surface area contributed by atoms with E-state index in [1.54, 1.807) is 0 Å². The Kier molecular flexibility index (Phi) is 3.52. The van der Waals surface area contributed by atoms with Gasteiger partial charge in [-0.25, -0.2) is 0 Å². The highest BCUT2D eigenvalue weighted by molar-refractivity contribution is 7.81. The third-order valence-corrected chi connectivity index (χ3v) is 5.20. The topological polar surface area (TPSA) is 0 Å². The fourth-order valence-corrected chi connectivity index (χ4v) is 3.88. The van der Waals surface area contributed by atoms with Crippen LogP contribution in [0.5, 0.6) is 0 Å². The first-order chi connectivity index (χ1) is 6.27. The van der Waals surface area contributed by atoms with Crippen molar-refractivity contribution in [3.63, 3.8) is 0 Å². The van der Waals surface area contributed by atoms with E-state index in [0.29, 0.717) is 10.5 Å². The Labute approximate surface area is 92.7 Å². The van der Waals surface area contributed by atoms with Crippen LogP contribution < -0.4 is 0 Å². The predicted molar refractivity (Wildman–Crippen MR) is 64.8 cm³/mol. The van der Waals surface area contributed by atoms with Gasteiger partial charge < -0.3 is 0 Å². The summed E-state index contributed by atoms with van der Waals surface area (Å²) in [5, 5.41) is 1.39. The van der Waals surface area contributed by atoms with E-state index in [4.69, 9.17) is 0 Å². The van der Waals surface area contributed by atoms with Crippen LogP contribution in [0, 0.1) is 11.8 Å². The first kappa shape index (κ1) is 10.2. The summed E-state index contributed by atoms with van der Waals surface area (Å²) in [5.74, 6) is 1.81. The Morgan fingerprint density at radius 3 is 1.54 bits per heavy atom. The lowest BCUT2D eigenvalue weighted by atomic mass is 9.92. The monoisotopic (exact) mass is 216 g/mol. The third kappa shape index (κ3) is 2.38. The summed E-state index contributed by atoms with van der Waals surface area (Å²) in [6.45, 7) is 0. The van der Waals surface area contributed by atoms with Gasteiger partial charge in [-0.05, 0) is 43.9 Å². The quantitative estimate of drug-likeness (QED) is 0.648. The molecule has 0 aliphatic heterocycles. The standard InChI is InChI=1S/C11H20S2/c12-10-5-1-3-8(10)7-9-4-2-6-11(9)13/h8-13H,1-7H2/t8?,9?,10-,11+. The largest absolute Gasteiger partial charge is 0.176 e. The molecule has 0 amide bonds. The first-order valence-electron chi connectivity index (χ1n) is 5.63. The maximum atomic E-state index is 4.66. The van der Waals surface area contributed by atoms with Crippen molar-refractivity contribution in [3.05, 3.63) is 0 Å². The lowest BCUT2D eigenvalue weighted by molar-refractivity contribution is 0.394. The number of hydrogen-bond donors (Lipinski definition) is 2. The lowest BCUT2D eigenvalue weighted by Gasteiger charge is -2.21. The molecule has 0 aromatic heterocycles. The molecule has 2 aliphatic carbocycles. The summed E-state index contributed by atoms with van der Waals surface area (Å²) in [7, 11) is 0. The molecule has 0 N–H and O–H groups in total. The molecule has 2 rings (SSSR count). The summed E-state index contributed by atoms with van der Waals surface area (Å²) >= 11 is 9.33. The van der Waals surface area contributed by atoms with E-state index in [-0.39, 0.29) is 0 Å². The zero-order valence-electron chi connectivity index (χ0n) is 8.15. The van der Waals surface area contributed by atoms with E-state index in [2.05, 4.69) is 25.3 Å². The van der Waals surface area contributed by atoms with Crippen LogP contribution in [0.15, 0.2) is 0 Å². The molecule has 0 aromatic rings. The molecule has 0 saturated heterocycles. The van der Waals surface area contributed by atoms with Crippen molar-refractivity contribution in [2.45, 2.75) is 55.4 Å². The van der Waals surface area contributed by atoms with E-state index < -0.39 is 0 Å². The molecule has 2 fully saturated rings. The lowest BCUT2D eigenvalue weighted by Crippen LogP contribution is -2.16. The summed E-state index contributed by atoms with van der Waals surface area (Å²) in [4.78, 5) is 0. The van der Waals surface area contributed by atoms with Gasteiger partial charge in [0.2, 0.25) is 0 Å². The minimum atomic E-state index is 0.695. The summed E-state index contributed by atoms with van der Waals surface area (Å²) in [6.07, 6.45) is 9.75. The van der Waals surface area contributed by atoms with Gasteiger partial charge in [-0.2, -0.15) is 25.3 Å². The van der Waals surface area contributed by atoms with Gasteiger partial charge in [-0.3, -0.25) is 0 Å². The minimum Gasteiger partial charge on any atom is -0.176 e. The molecule has 0 heterocycles. The fraction of sp³-hybridized carbons (Fsp3) is 1.00. The molecule has 0 aromatic carbocycles. The van der Waals surface area contributed by atoms with E-state index in [1.807, 2.05) is 0 Å². The van der Waals surface area contributed by atoms with Crippen molar-refractivity contribution in [1.29, 1.82) is 0 Å². The average molecular weight is 216 g/mol. The molecule has 4 atom stereocenters. The highest BCUT2D eigenvalue weighted by Crippen LogP contribution is 2.40. The highest BCUT2D eigenvalue weighted by atomic mass is 32.1. The first-order valence-corrected chi connectivity index (χ1v) is 6.67. The van der Waals surface area contributed by atoms with Crippen LogP contribution >= 0.6 is 25.3 Å². The van der Waals surface area contributed by atoms with Crippen LogP contribution in [0.2, 0.25) is 0 Å². The second kappa shape index (κ2) is 4.48. The molecular weight excluding hydrogens is 196 g/mol. The smallest absolute Gasteiger partial charge is 0.00451 e. The van der Waals surface area contributed by atoms with E-state index in [9.17, 15) is 0 Å².